The van der Waals surface area contributed by atoms with Gasteiger partial charge in [0, 0.05) is 22.6 Å². The fraction of sp³-hybridized carbons (Fsp3) is 0.150. The molecule has 1 aromatic heterocycles. The number of benzene rings is 2. The Bertz CT molecular complexity index is 869. The van der Waals surface area contributed by atoms with Crippen molar-refractivity contribution in [3.05, 3.63) is 83.4 Å². The molecule has 0 amide bonds. The quantitative estimate of drug-likeness (QED) is 0.648. The molecular formula is C20H18FNO2. The van der Waals surface area contributed by atoms with Crippen LogP contribution in [0.15, 0.2) is 60.7 Å². The smallest absolute Gasteiger partial charge is 0.202 e. The van der Waals surface area contributed by atoms with Crippen LogP contribution >= 0.6 is 0 Å². The summed E-state index contributed by atoms with van der Waals surface area (Å²) in [5, 5.41) is 0. The number of Topliss-reactive ketones (excluding diaryl/α,β-unsaturated/α-hetero) is 1. The van der Waals surface area contributed by atoms with Crippen molar-refractivity contribution >= 4 is 5.78 Å². The summed E-state index contributed by atoms with van der Waals surface area (Å²) < 4.78 is 20.9. The zero-order chi connectivity index (χ0) is 17.1. The first-order valence-electron chi connectivity index (χ1n) is 7.73. The SMILES string of the molecule is Cc1cc(C(=O)COc2ccccc2F)c(C)n1-c1ccccc1. The van der Waals surface area contributed by atoms with Gasteiger partial charge >= 0.3 is 0 Å². The molecule has 0 radical (unpaired) electrons. The highest BCUT2D eigenvalue weighted by Gasteiger charge is 2.17. The molecule has 0 aliphatic carbocycles. The van der Waals surface area contributed by atoms with Crippen LogP contribution in [-0.2, 0) is 0 Å². The van der Waals surface area contributed by atoms with E-state index < -0.39 is 5.82 Å². The Morgan fingerprint density at radius 3 is 2.42 bits per heavy atom. The van der Waals surface area contributed by atoms with Gasteiger partial charge in [-0.2, -0.15) is 0 Å². The average molecular weight is 323 g/mol. The zero-order valence-corrected chi connectivity index (χ0v) is 13.6. The summed E-state index contributed by atoms with van der Waals surface area (Å²) in [6.45, 7) is 3.66. The lowest BCUT2D eigenvalue weighted by atomic mass is 10.1. The first-order chi connectivity index (χ1) is 11.6. The number of ether oxygens (including phenoxy) is 1. The molecule has 0 spiro atoms. The van der Waals surface area contributed by atoms with Crippen molar-refractivity contribution in [2.75, 3.05) is 6.61 Å². The van der Waals surface area contributed by atoms with Gasteiger partial charge in [-0.05, 0) is 44.2 Å². The van der Waals surface area contributed by atoms with E-state index in [1.54, 1.807) is 12.1 Å². The van der Waals surface area contributed by atoms with E-state index in [-0.39, 0.29) is 18.1 Å². The number of hydrogen-bond donors (Lipinski definition) is 0. The van der Waals surface area contributed by atoms with E-state index in [0.29, 0.717) is 5.56 Å². The van der Waals surface area contributed by atoms with Crippen LogP contribution < -0.4 is 4.74 Å². The monoisotopic (exact) mass is 323 g/mol. The van der Waals surface area contributed by atoms with Crippen LogP contribution in [0.25, 0.3) is 5.69 Å². The van der Waals surface area contributed by atoms with Gasteiger partial charge in [-0.25, -0.2) is 4.39 Å². The molecule has 3 rings (SSSR count). The Balaban J connectivity index is 1.83. The average Bonchev–Trinajstić information content (AvgIpc) is 2.89. The van der Waals surface area contributed by atoms with Crippen LogP contribution in [0.1, 0.15) is 21.7 Å². The molecule has 3 aromatic rings. The lowest BCUT2D eigenvalue weighted by Gasteiger charge is -2.10. The summed E-state index contributed by atoms with van der Waals surface area (Å²) in [5.41, 5.74) is 3.41. The second-order valence-electron chi connectivity index (χ2n) is 5.60. The number of aromatic nitrogens is 1. The predicted molar refractivity (Wildman–Crippen MR) is 91.5 cm³/mol. The first-order valence-corrected chi connectivity index (χ1v) is 7.73. The van der Waals surface area contributed by atoms with E-state index in [9.17, 15) is 9.18 Å². The van der Waals surface area contributed by atoms with Crippen molar-refractivity contribution in [3.63, 3.8) is 0 Å². The van der Waals surface area contributed by atoms with Crippen molar-refractivity contribution in [3.8, 4) is 11.4 Å². The van der Waals surface area contributed by atoms with Crippen molar-refractivity contribution in [1.29, 1.82) is 0 Å². The van der Waals surface area contributed by atoms with Crippen molar-refractivity contribution in [2.24, 2.45) is 0 Å². The molecule has 3 nitrogen and oxygen atoms in total. The molecule has 0 saturated heterocycles. The number of para-hydroxylation sites is 2. The molecule has 0 fully saturated rings. The minimum absolute atomic E-state index is 0.0858. The molecule has 0 N–H and O–H groups in total. The normalized spacial score (nSPS) is 10.6. The summed E-state index contributed by atoms with van der Waals surface area (Å²) in [6, 6.07) is 17.8. The van der Waals surface area contributed by atoms with Crippen LogP contribution in [0.3, 0.4) is 0 Å². The number of nitrogens with zero attached hydrogens (tertiary/aromatic N) is 1. The van der Waals surface area contributed by atoms with Gasteiger partial charge in [0.25, 0.3) is 0 Å². The van der Waals surface area contributed by atoms with Gasteiger partial charge in [-0.3, -0.25) is 4.79 Å². The van der Waals surface area contributed by atoms with Crippen molar-refractivity contribution in [2.45, 2.75) is 13.8 Å². The van der Waals surface area contributed by atoms with Crippen LogP contribution in [0.4, 0.5) is 4.39 Å². The summed E-state index contributed by atoms with van der Waals surface area (Å²) in [6.07, 6.45) is 0. The van der Waals surface area contributed by atoms with Crippen LogP contribution in [0.2, 0.25) is 0 Å². The van der Waals surface area contributed by atoms with Gasteiger partial charge in [0.1, 0.15) is 0 Å². The molecular weight excluding hydrogens is 305 g/mol. The van der Waals surface area contributed by atoms with E-state index in [1.807, 2.05) is 54.8 Å². The van der Waals surface area contributed by atoms with Crippen LogP contribution in [0, 0.1) is 19.7 Å². The number of rotatable bonds is 5. The van der Waals surface area contributed by atoms with E-state index in [4.69, 9.17) is 4.74 Å². The van der Waals surface area contributed by atoms with E-state index in [2.05, 4.69) is 0 Å². The second-order valence-corrected chi connectivity index (χ2v) is 5.60. The Labute approximate surface area is 140 Å². The highest BCUT2D eigenvalue weighted by atomic mass is 19.1. The molecule has 0 unspecified atom stereocenters. The second kappa shape index (κ2) is 6.71. The maximum absolute atomic E-state index is 13.6. The number of halogens is 1. The number of ketones is 1. The molecule has 0 bridgehead atoms. The summed E-state index contributed by atoms with van der Waals surface area (Å²) in [7, 11) is 0. The van der Waals surface area contributed by atoms with Crippen LogP contribution in [-0.4, -0.2) is 17.0 Å². The molecule has 0 aliphatic heterocycles. The fourth-order valence-electron chi connectivity index (χ4n) is 2.80. The minimum Gasteiger partial charge on any atom is -0.482 e. The Hall–Kier alpha value is -2.88. The summed E-state index contributed by atoms with van der Waals surface area (Å²) in [5.74, 6) is -0.559. The molecule has 24 heavy (non-hydrogen) atoms. The first kappa shape index (κ1) is 16.0. The van der Waals surface area contributed by atoms with E-state index in [1.165, 1.54) is 12.1 Å². The number of hydrogen-bond acceptors (Lipinski definition) is 2. The number of carbonyl (C=O) groups is 1. The number of carbonyl (C=O) groups excluding carboxylic acids is 1. The van der Waals surface area contributed by atoms with Gasteiger partial charge in [-0.15, -0.1) is 0 Å². The highest BCUT2D eigenvalue weighted by Crippen LogP contribution is 2.22. The third-order valence-electron chi connectivity index (χ3n) is 3.94. The Morgan fingerprint density at radius 1 is 1.04 bits per heavy atom. The number of aryl methyl sites for hydroxylation is 1. The van der Waals surface area contributed by atoms with Gasteiger partial charge in [0.05, 0.1) is 0 Å². The lowest BCUT2D eigenvalue weighted by Crippen LogP contribution is -2.13. The largest absolute Gasteiger partial charge is 0.482 e. The minimum atomic E-state index is -0.472. The van der Waals surface area contributed by atoms with Crippen molar-refractivity contribution in [1.82, 2.24) is 4.57 Å². The fourth-order valence-corrected chi connectivity index (χ4v) is 2.80. The van der Waals surface area contributed by atoms with Gasteiger partial charge in [0.2, 0.25) is 5.78 Å². The van der Waals surface area contributed by atoms with Gasteiger partial charge < -0.3 is 9.30 Å². The molecule has 1 heterocycles. The van der Waals surface area contributed by atoms with Gasteiger partial charge in [-0.1, -0.05) is 30.3 Å². The molecule has 0 saturated carbocycles. The highest BCUT2D eigenvalue weighted by molar-refractivity contribution is 5.98. The summed E-state index contributed by atoms with van der Waals surface area (Å²) >= 11 is 0. The molecule has 0 atom stereocenters. The molecule has 122 valence electrons. The Morgan fingerprint density at radius 2 is 1.71 bits per heavy atom. The van der Waals surface area contributed by atoms with Gasteiger partial charge in [0.15, 0.2) is 18.2 Å². The molecule has 0 aliphatic rings. The van der Waals surface area contributed by atoms with Crippen LogP contribution in [0.5, 0.6) is 5.75 Å². The maximum atomic E-state index is 13.6. The standard InChI is InChI=1S/C20H18FNO2/c1-14-12-17(15(2)22(14)16-8-4-3-5-9-16)19(23)13-24-20-11-7-6-10-18(20)21/h3-12H,13H2,1-2H3. The van der Waals surface area contributed by atoms with E-state index in [0.717, 1.165) is 17.1 Å². The Kier molecular flexibility index (Phi) is 4.47. The zero-order valence-electron chi connectivity index (χ0n) is 13.6. The predicted octanol–water partition coefficient (Wildman–Crippen LogP) is 4.49. The van der Waals surface area contributed by atoms with Crippen molar-refractivity contribution < 1.29 is 13.9 Å². The molecule has 2 aromatic carbocycles. The maximum Gasteiger partial charge on any atom is 0.202 e. The lowest BCUT2D eigenvalue weighted by molar-refractivity contribution is 0.0918. The van der Waals surface area contributed by atoms with E-state index >= 15 is 0 Å². The molecule has 4 heteroatoms. The summed E-state index contributed by atoms with van der Waals surface area (Å²) in [4.78, 5) is 12.5. The topological polar surface area (TPSA) is 31.2 Å². The third-order valence-corrected chi connectivity index (χ3v) is 3.94. The third kappa shape index (κ3) is 3.08.